The van der Waals surface area contributed by atoms with Gasteiger partial charge < -0.3 is 10.0 Å². The lowest BCUT2D eigenvalue weighted by Crippen LogP contribution is -2.21. The van der Waals surface area contributed by atoms with Crippen LogP contribution < -0.4 is 4.90 Å². The van der Waals surface area contributed by atoms with Crippen LogP contribution in [0.4, 0.5) is 5.69 Å². The second-order valence-corrected chi connectivity index (χ2v) is 4.96. The first kappa shape index (κ1) is 14.6. The normalized spacial score (nSPS) is 10.3. The third-order valence-electron chi connectivity index (χ3n) is 3.11. The first-order chi connectivity index (χ1) is 9.61. The number of anilines is 1. The van der Waals surface area contributed by atoms with Gasteiger partial charge in [-0.05, 0) is 48.5 Å². The Labute approximate surface area is 123 Å². The van der Waals surface area contributed by atoms with Crippen LogP contribution in [0.25, 0.3) is 0 Å². The Morgan fingerprint density at radius 1 is 1.05 bits per heavy atom. The van der Waals surface area contributed by atoms with Gasteiger partial charge in [-0.1, -0.05) is 11.6 Å². The van der Waals surface area contributed by atoms with Crippen LogP contribution in [0.5, 0.6) is 0 Å². The molecule has 2 aromatic carbocycles. The van der Waals surface area contributed by atoms with E-state index < -0.39 is 0 Å². The summed E-state index contributed by atoms with van der Waals surface area (Å²) in [6.07, 6.45) is 0. The van der Waals surface area contributed by atoms with Crippen molar-refractivity contribution >= 4 is 23.1 Å². The molecule has 0 aromatic heterocycles. The number of ketones is 1. The first-order valence-electron chi connectivity index (χ1n) is 6.34. The van der Waals surface area contributed by atoms with E-state index >= 15 is 0 Å². The fraction of sp³-hybridized carbons (Fsp3) is 0.188. The molecule has 0 spiro atoms. The van der Waals surface area contributed by atoms with Crippen LogP contribution in [0.15, 0.2) is 48.5 Å². The minimum Gasteiger partial charge on any atom is -0.395 e. The molecule has 0 aliphatic carbocycles. The molecule has 1 N–H and O–H groups in total. The average Bonchev–Trinajstić information content (AvgIpc) is 2.48. The van der Waals surface area contributed by atoms with Crippen molar-refractivity contribution in [3.63, 3.8) is 0 Å². The van der Waals surface area contributed by atoms with Crippen molar-refractivity contribution in [3.05, 3.63) is 64.7 Å². The van der Waals surface area contributed by atoms with Gasteiger partial charge in [-0.3, -0.25) is 4.79 Å². The van der Waals surface area contributed by atoms with Gasteiger partial charge >= 0.3 is 0 Å². The highest BCUT2D eigenvalue weighted by atomic mass is 35.5. The third-order valence-corrected chi connectivity index (χ3v) is 3.36. The van der Waals surface area contributed by atoms with Crippen LogP contribution in [0, 0.1) is 0 Å². The molecule has 0 heterocycles. The Morgan fingerprint density at radius 2 is 1.55 bits per heavy atom. The van der Waals surface area contributed by atoms with Crippen molar-refractivity contribution in [3.8, 4) is 0 Å². The quantitative estimate of drug-likeness (QED) is 0.860. The van der Waals surface area contributed by atoms with Crippen LogP contribution >= 0.6 is 11.6 Å². The molecule has 104 valence electrons. The van der Waals surface area contributed by atoms with Gasteiger partial charge in [0.05, 0.1) is 6.61 Å². The molecule has 0 fully saturated rings. The molecule has 0 saturated heterocycles. The predicted molar refractivity (Wildman–Crippen MR) is 81.7 cm³/mol. The molecule has 0 unspecified atom stereocenters. The summed E-state index contributed by atoms with van der Waals surface area (Å²) in [6, 6.07) is 14.2. The molecule has 0 saturated carbocycles. The number of carbonyl (C=O) groups is 1. The van der Waals surface area contributed by atoms with Crippen molar-refractivity contribution in [1.29, 1.82) is 0 Å². The molecule has 0 amide bonds. The Kier molecular flexibility index (Phi) is 4.77. The summed E-state index contributed by atoms with van der Waals surface area (Å²) in [5.74, 6) is -0.0296. The minimum atomic E-state index is -0.0296. The number of benzene rings is 2. The van der Waals surface area contributed by atoms with Crippen molar-refractivity contribution in [2.75, 3.05) is 25.1 Å². The maximum atomic E-state index is 12.3. The number of nitrogens with zero attached hydrogens (tertiary/aromatic N) is 1. The summed E-state index contributed by atoms with van der Waals surface area (Å²) in [5.41, 5.74) is 2.21. The van der Waals surface area contributed by atoms with Crippen LogP contribution in [-0.2, 0) is 0 Å². The highest BCUT2D eigenvalue weighted by Crippen LogP contribution is 2.17. The van der Waals surface area contributed by atoms with Gasteiger partial charge in [0.15, 0.2) is 5.78 Å². The summed E-state index contributed by atoms with van der Waals surface area (Å²) < 4.78 is 0. The van der Waals surface area contributed by atoms with E-state index in [0.717, 1.165) is 5.69 Å². The Hall–Kier alpha value is -1.84. The molecule has 0 radical (unpaired) electrons. The maximum absolute atomic E-state index is 12.3. The lowest BCUT2D eigenvalue weighted by atomic mass is 10.0. The van der Waals surface area contributed by atoms with E-state index in [1.54, 1.807) is 36.4 Å². The van der Waals surface area contributed by atoms with Gasteiger partial charge in [0.2, 0.25) is 0 Å². The van der Waals surface area contributed by atoms with Gasteiger partial charge in [0.1, 0.15) is 0 Å². The van der Waals surface area contributed by atoms with E-state index in [2.05, 4.69) is 0 Å². The minimum absolute atomic E-state index is 0.0296. The molecular formula is C16H16ClNO2. The number of hydrogen-bond acceptors (Lipinski definition) is 3. The molecule has 0 aliphatic rings. The second-order valence-electron chi connectivity index (χ2n) is 4.53. The molecular weight excluding hydrogens is 274 g/mol. The Bertz CT molecular complexity index is 578. The van der Waals surface area contributed by atoms with E-state index in [1.165, 1.54) is 0 Å². The van der Waals surface area contributed by atoms with Crippen LogP contribution in [0.1, 0.15) is 15.9 Å². The SMILES string of the molecule is CN(CCO)c1ccc(C(=O)c2ccc(Cl)cc2)cc1. The van der Waals surface area contributed by atoms with Crippen LogP contribution in [0.2, 0.25) is 5.02 Å². The fourth-order valence-electron chi connectivity index (χ4n) is 1.91. The third kappa shape index (κ3) is 3.38. The molecule has 20 heavy (non-hydrogen) atoms. The van der Waals surface area contributed by atoms with E-state index in [4.69, 9.17) is 16.7 Å². The number of aliphatic hydroxyl groups excluding tert-OH is 1. The molecule has 0 aliphatic heterocycles. The average molecular weight is 290 g/mol. The summed E-state index contributed by atoms with van der Waals surface area (Å²) in [4.78, 5) is 14.2. The fourth-order valence-corrected chi connectivity index (χ4v) is 2.04. The molecule has 0 atom stereocenters. The summed E-state index contributed by atoms with van der Waals surface area (Å²) in [5, 5.41) is 9.52. The van der Waals surface area contributed by atoms with Gasteiger partial charge in [-0.2, -0.15) is 0 Å². The Balaban J connectivity index is 2.17. The number of rotatable bonds is 5. The zero-order chi connectivity index (χ0) is 14.5. The lowest BCUT2D eigenvalue weighted by molar-refractivity contribution is 0.103. The Morgan fingerprint density at radius 3 is 2.05 bits per heavy atom. The second kappa shape index (κ2) is 6.55. The van der Waals surface area contributed by atoms with Gasteiger partial charge in [0, 0.05) is 35.4 Å². The van der Waals surface area contributed by atoms with Gasteiger partial charge in [-0.25, -0.2) is 0 Å². The predicted octanol–water partition coefficient (Wildman–Crippen LogP) is 3.00. The standard InChI is InChI=1S/C16H16ClNO2/c1-18(10-11-19)15-8-4-13(5-9-15)16(20)12-2-6-14(17)7-3-12/h2-9,19H,10-11H2,1H3. The topological polar surface area (TPSA) is 40.5 Å². The monoisotopic (exact) mass is 289 g/mol. The van der Waals surface area contributed by atoms with E-state index in [0.29, 0.717) is 22.7 Å². The number of halogens is 1. The summed E-state index contributed by atoms with van der Waals surface area (Å²) >= 11 is 5.81. The van der Waals surface area contributed by atoms with E-state index in [9.17, 15) is 4.79 Å². The largest absolute Gasteiger partial charge is 0.395 e. The molecule has 2 rings (SSSR count). The molecule has 0 bridgehead atoms. The number of hydrogen-bond donors (Lipinski definition) is 1. The summed E-state index contributed by atoms with van der Waals surface area (Å²) in [6.45, 7) is 0.659. The van der Waals surface area contributed by atoms with Crippen LogP contribution in [-0.4, -0.2) is 31.1 Å². The zero-order valence-electron chi connectivity index (χ0n) is 11.2. The van der Waals surface area contributed by atoms with Crippen LogP contribution in [0.3, 0.4) is 0 Å². The number of carbonyl (C=O) groups excluding carboxylic acids is 1. The first-order valence-corrected chi connectivity index (χ1v) is 6.72. The maximum Gasteiger partial charge on any atom is 0.193 e. The van der Waals surface area contributed by atoms with Crippen molar-refractivity contribution in [2.45, 2.75) is 0 Å². The van der Waals surface area contributed by atoms with E-state index in [-0.39, 0.29) is 12.4 Å². The van der Waals surface area contributed by atoms with Gasteiger partial charge in [-0.15, -0.1) is 0 Å². The number of likely N-dealkylation sites (N-methyl/N-ethyl adjacent to an activating group) is 1. The molecule has 3 nitrogen and oxygen atoms in total. The lowest BCUT2D eigenvalue weighted by Gasteiger charge is -2.17. The smallest absolute Gasteiger partial charge is 0.193 e. The highest BCUT2D eigenvalue weighted by Gasteiger charge is 2.09. The van der Waals surface area contributed by atoms with E-state index in [1.807, 2.05) is 24.1 Å². The zero-order valence-corrected chi connectivity index (χ0v) is 12.0. The van der Waals surface area contributed by atoms with Gasteiger partial charge in [0.25, 0.3) is 0 Å². The molecule has 2 aromatic rings. The highest BCUT2D eigenvalue weighted by molar-refractivity contribution is 6.30. The number of aliphatic hydroxyl groups is 1. The summed E-state index contributed by atoms with van der Waals surface area (Å²) in [7, 11) is 1.90. The van der Waals surface area contributed by atoms with Crippen molar-refractivity contribution < 1.29 is 9.90 Å². The van der Waals surface area contributed by atoms with Crippen molar-refractivity contribution in [2.24, 2.45) is 0 Å². The van der Waals surface area contributed by atoms with Crippen molar-refractivity contribution in [1.82, 2.24) is 0 Å². The molecule has 4 heteroatoms.